The predicted octanol–water partition coefficient (Wildman–Crippen LogP) is -7.57. The topological polar surface area (TPSA) is 289 Å². The van der Waals surface area contributed by atoms with E-state index in [1.54, 1.807) is 6.92 Å². The molecule has 0 aromatic carbocycles. The van der Waals surface area contributed by atoms with Gasteiger partial charge in [0.1, 0.15) is 79.4 Å². The van der Waals surface area contributed by atoms with Gasteiger partial charge in [0.15, 0.2) is 18.4 Å². The van der Waals surface area contributed by atoms with Gasteiger partial charge in [-0.3, -0.25) is 4.79 Å². The minimum atomic E-state index is -2.11. The fourth-order valence-electron chi connectivity index (χ4n) is 4.11. The van der Waals surface area contributed by atoms with Crippen molar-refractivity contribution in [3.8, 4) is 0 Å². The van der Waals surface area contributed by atoms with E-state index in [9.17, 15) is 61.0 Å². The summed E-state index contributed by atoms with van der Waals surface area (Å²) >= 11 is 0. The molecule has 0 amide bonds. The van der Waals surface area contributed by atoms with E-state index in [0.29, 0.717) is 0 Å². The Kier molecular flexibility index (Phi) is 10.9. The van der Waals surface area contributed by atoms with Gasteiger partial charge in [-0.1, -0.05) is 0 Å². The summed E-state index contributed by atoms with van der Waals surface area (Å²) in [5.74, 6) is -0.887. The van der Waals surface area contributed by atoms with E-state index in [-0.39, 0.29) is 0 Å². The van der Waals surface area contributed by atoms with Gasteiger partial charge in [-0.25, -0.2) is 0 Å². The zero-order chi connectivity index (χ0) is 28.5. The maximum atomic E-state index is 12.0. The normalized spacial score (nSPS) is 44.7. The van der Waals surface area contributed by atoms with Crippen LogP contribution in [-0.2, 0) is 28.5 Å². The molecule has 3 aliphatic rings. The summed E-state index contributed by atoms with van der Waals surface area (Å²) in [6.07, 6.45) is -26.1. The Hall–Kier alpha value is -0.970. The number of aliphatic hydroxyl groups is 11. The first-order chi connectivity index (χ1) is 17.8. The SMILES string of the molecule is CC1OC1C(=O)[C@H](O)[C@@H](O)[C@H](O)[C@H](O)CO[C@H]1O[C@H](CO[C@H]2O[C@H](CO)[C@@H](O)[C@H](O)[C@H]2O)[C@@H](O)[C@H](O)[C@H]1O. The summed E-state index contributed by atoms with van der Waals surface area (Å²) < 4.78 is 25.9. The Bertz CT molecular complexity index is 770. The Morgan fingerprint density at radius 2 is 1.24 bits per heavy atom. The third-order valence-corrected chi connectivity index (χ3v) is 6.72. The molecule has 16 atom stereocenters. The van der Waals surface area contributed by atoms with Crippen LogP contribution in [0.25, 0.3) is 0 Å². The number of ketones is 1. The molecule has 222 valence electrons. The molecular weight excluding hydrogens is 524 g/mol. The zero-order valence-electron chi connectivity index (χ0n) is 20.2. The third kappa shape index (κ3) is 6.84. The predicted molar refractivity (Wildman–Crippen MR) is 116 cm³/mol. The molecule has 38 heavy (non-hydrogen) atoms. The van der Waals surface area contributed by atoms with Gasteiger partial charge in [0.25, 0.3) is 0 Å². The standard InChI is InChI=1S/C21H36O17/c1-5-19(36-5)16(31)15(30)12(27)9(24)6(23)3-34-20-18(33)14(29)11(26)8(38-20)4-35-21-17(32)13(28)10(25)7(2-22)37-21/h5-15,17-30,32-33H,2-4H2,1H3/t5?,6-,7-,8-,9-,10-,11-,12+,13+,14+,15-,17-,18-,19?,20+,21+/m1/s1. The molecule has 0 bridgehead atoms. The van der Waals surface area contributed by atoms with Crippen molar-refractivity contribution >= 4 is 5.78 Å². The number of rotatable bonds is 12. The molecule has 3 fully saturated rings. The first kappa shape index (κ1) is 31.6. The number of carbonyl (C=O) groups excluding carboxylic acids is 1. The Morgan fingerprint density at radius 3 is 1.76 bits per heavy atom. The second-order valence-corrected chi connectivity index (χ2v) is 9.54. The van der Waals surface area contributed by atoms with Crippen LogP contribution < -0.4 is 0 Å². The van der Waals surface area contributed by atoms with Crippen molar-refractivity contribution in [3.63, 3.8) is 0 Å². The summed E-state index contributed by atoms with van der Waals surface area (Å²) in [5.41, 5.74) is 0. The van der Waals surface area contributed by atoms with Crippen LogP contribution in [0.3, 0.4) is 0 Å². The van der Waals surface area contributed by atoms with Gasteiger partial charge in [0.05, 0.1) is 25.9 Å². The number of ether oxygens (including phenoxy) is 5. The molecule has 3 heterocycles. The van der Waals surface area contributed by atoms with E-state index < -0.39 is 124 Å². The molecule has 0 aromatic heterocycles. The van der Waals surface area contributed by atoms with Gasteiger partial charge in [-0.05, 0) is 6.92 Å². The van der Waals surface area contributed by atoms with Crippen molar-refractivity contribution in [2.24, 2.45) is 0 Å². The first-order valence-corrected chi connectivity index (χ1v) is 11.9. The highest BCUT2D eigenvalue weighted by atomic mass is 16.7. The third-order valence-electron chi connectivity index (χ3n) is 6.72. The van der Waals surface area contributed by atoms with E-state index in [1.807, 2.05) is 0 Å². The number of epoxide rings is 1. The Labute approximate surface area is 215 Å². The number of hydrogen-bond donors (Lipinski definition) is 11. The molecular formula is C21H36O17. The Morgan fingerprint density at radius 1 is 0.737 bits per heavy atom. The van der Waals surface area contributed by atoms with Crippen LogP contribution in [0, 0.1) is 0 Å². The van der Waals surface area contributed by atoms with E-state index in [1.165, 1.54) is 0 Å². The van der Waals surface area contributed by atoms with Crippen molar-refractivity contribution in [1.82, 2.24) is 0 Å². The van der Waals surface area contributed by atoms with Crippen LogP contribution in [0.5, 0.6) is 0 Å². The van der Waals surface area contributed by atoms with Gasteiger partial charge in [-0.15, -0.1) is 0 Å². The van der Waals surface area contributed by atoms with Crippen LogP contribution in [0.2, 0.25) is 0 Å². The molecule has 3 saturated heterocycles. The van der Waals surface area contributed by atoms with Gasteiger partial charge in [-0.2, -0.15) is 0 Å². The highest BCUT2D eigenvalue weighted by Gasteiger charge is 2.49. The lowest BCUT2D eigenvalue weighted by atomic mass is 9.98. The highest BCUT2D eigenvalue weighted by Crippen LogP contribution is 2.27. The fraction of sp³-hybridized carbons (Fsp3) is 0.952. The molecule has 0 spiro atoms. The van der Waals surface area contributed by atoms with E-state index in [2.05, 4.69) is 0 Å². The molecule has 0 aromatic rings. The molecule has 17 heteroatoms. The lowest BCUT2D eigenvalue weighted by Gasteiger charge is -2.42. The van der Waals surface area contributed by atoms with Crippen LogP contribution in [0.1, 0.15) is 6.92 Å². The van der Waals surface area contributed by atoms with Crippen LogP contribution in [0.15, 0.2) is 0 Å². The van der Waals surface area contributed by atoms with Crippen molar-refractivity contribution in [1.29, 1.82) is 0 Å². The lowest BCUT2D eigenvalue weighted by molar-refractivity contribution is -0.333. The second-order valence-electron chi connectivity index (χ2n) is 9.54. The van der Waals surface area contributed by atoms with Gasteiger partial charge >= 0.3 is 0 Å². The first-order valence-electron chi connectivity index (χ1n) is 11.9. The summed E-state index contributed by atoms with van der Waals surface area (Å²) in [6, 6.07) is 0. The van der Waals surface area contributed by atoms with E-state index >= 15 is 0 Å². The maximum Gasteiger partial charge on any atom is 0.195 e. The number of Topliss-reactive ketones (excluding diaryl/α,β-unsaturated/α-hetero) is 1. The summed E-state index contributed by atoms with van der Waals surface area (Å²) in [4.78, 5) is 12.0. The fourth-order valence-corrected chi connectivity index (χ4v) is 4.11. The average molecular weight is 561 g/mol. The van der Waals surface area contributed by atoms with Crippen molar-refractivity contribution in [2.75, 3.05) is 19.8 Å². The number of hydrogen-bond acceptors (Lipinski definition) is 17. The number of aliphatic hydroxyl groups excluding tert-OH is 11. The van der Waals surface area contributed by atoms with E-state index in [4.69, 9.17) is 23.7 Å². The van der Waals surface area contributed by atoms with Gasteiger partial charge < -0.3 is 79.9 Å². The monoisotopic (exact) mass is 560 g/mol. The highest BCUT2D eigenvalue weighted by molar-refractivity contribution is 5.90. The second kappa shape index (κ2) is 13.1. The maximum absolute atomic E-state index is 12.0. The van der Waals surface area contributed by atoms with E-state index in [0.717, 1.165) is 0 Å². The molecule has 3 rings (SSSR count). The molecule has 17 nitrogen and oxygen atoms in total. The number of carbonyl (C=O) groups is 1. The summed E-state index contributed by atoms with van der Waals surface area (Å²) in [5, 5.41) is 110. The van der Waals surface area contributed by atoms with Crippen LogP contribution in [-0.4, -0.2) is 180 Å². The largest absolute Gasteiger partial charge is 0.394 e. The zero-order valence-corrected chi connectivity index (χ0v) is 20.2. The molecule has 3 aliphatic heterocycles. The average Bonchev–Trinajstić information content (AvgIpc) is 3.64. The molecule has 11 N–H and O–H groups in total. The van der Waals surface area contributed by atoms with Crippen molar-refractivity contribution < 1.29 is 84.7 Å². The Balaban J connectivity index is 1.53. The summed E-state index contributed by atoms with van der Waals surface area (Å²) in [6.45, 7) is -0.604. The molecule has 0 radical (unpaired) electrons. The molecule has 0 saturated carbocycles. The minimum absolute atomic E-state index is 0.459. The van der Waals surface area contributed by atoms with Gasteiger partial charge in [0.2, 0.25) is 0 Å². The lowest BCUT2D eigenvalue weighted by Crippen LogP contribution is -2.62. The smallest absolute Gasteiger partial charge is 0.195 e. The van der Waals surface area contributed by atoms with Gasteiger partial charge in [0, 0.05) is 0 Å². The molecule has 0 aliphatic carbocycles. The van der Waals surface area contributed by atoms with Crippen LogP contribution >= 0.6 is 0 Å². The minimum Gasteiger partial charge on any atom is -0.394 e. The van der Waals surface area contributed by atoms with Crippen molar-refractivity contribution in [2.45, 2.75) is 105 Å². The van der Waals surface area contributed by atoms with Crippen molar-refractivity contribution in [3.05, 3.63) is 0 Å². The van der Waals surface area contributed by atoms with Crippen LogP contribution in [0.4, 0.5) is 0 Å². The quantitative estimate of drug-likeness (QED) is 0.0988. The summed E-state index contributed by atoms with van der Waals surface area (Å²) in [7, 11) is 0. The molecule has 2 unspecified atom stereocenters.